The molecule has 0 amide bonds. The third kappa shape index (κ3) is 6.78. The number of ketones is 1. The Morgan fingerprint density at radius 3 is 2.57 bits per heavy atom. The Morgan fingerprint density at radius 2 is 2.00 bits per heavy atom. The van der Waals surface area contributed by atoms with Crippen molar-refractivity contribution in [3.05, 3.63) is 24.3 Å². The number of hydrogen-bond acceptors (Lipinski definition) is 4. The summed E-state index contributed by atoms with van der Waals surface area (Å²) >= 11 is 0. The molecular weight excluding hydrogens is 380 g/mol. The van der Waals surface area contributed by atoms with Crippen LogP contribution in [-0.2, 0) is 14.3 Å². The maximum Gasteiger partial charge on any atom is 0.303 e. The van der Waals surface area contributed by atoms with Crippen molar-refractivity contribution in [3.8, 4) is 0 Å². The van der Waals surface area contributed by atoms with Crippen LogP contribution >= 0.6 is 0 Å². The van der Waals surface area contributed by atoms with Crippen molar-refractivity contribution in [1.29, 1.82) is 0 Å². The van der Waals surface area contributed by atoms with Crippen LogP contribution in [0.5, 0.6) is 0 Å². The molecule has 2 aliphatic carbocycles. The molecule has 0 aliphatic heterocycles. The highest BCUT2D eigenvalue weighted by atomic mass is 16.5. The number of allylic oxidation sites excluding steroid dienone is 2. The van der Waals surface area contributed by atoms with Gasteiger partial charge in [0.2, 0.25) is 0 Å². The van der Waals surface area contributed by atoms with Gasteiger partial charge in [-0.25, -0.2) is 0 Å². The number of rotatable bonds is 13. The standard InChI is InChI=1S/C25H40O5/c1-18(2)17-25(14-9-15-25)23(27)12-8-11-20-19(21(26)16-22(20)30-3)10-6-4-5-7-13-24(28)29/h4,6,8,11,18-20,22-23,27H,5,7,9-10,12-17H2,1-3H3,(H,28,29)/b6-4-,11-8+/t19-,20-,22-,23?/m1/s1. The van der Waals surface area contributed by atoms with Crippen LogP contribution in [0.15, 0.2) is 24.3 Å². The number of carbonyl (C=O) groups excluding carboxylic acids is 1. The van der Waals surface area contributed by atoms with Crippen LogP contribution in [0.2, 0.25) is 0 Å². The predicted molar refractivity (Wildman–Crippen MR) is 118 cm³/mol. The molecule has 2 fully saturated rings. The fraction of sp³-hybridized carbons (Fsp3) is 0.760. The Kier molecular flexibility index (Phi) is 9.76. The monoisotopic (exact) mass is 420 g/mol. The van der Waals surface area contributed by atoms with Crippen LogP contribution in [0.4, 0.5) is 0 Å². The summed E-state index contributed by atoms with van der Waals surface area (Å²) in [5, 5.41) is 19.5. The largest absolute Gasteiger partial charge is 0.481 e. The van der Waals surface area contributed by atoms with E-state index < -0.39 is 5.97 Å². The smallest absolute Gasteiger partial charge is 0.303 e. The van der Waals surface area contributed by atoms with Crippen LogP contribution in [0.1, 0.15) is 78.1 Å². The lowest BCUT2D eigenvalue weighted by Crippen LogP contribution is -2.42. The molecule has 0 bridgehead atoms. The van der Waals surface area contributed by atoms with Gasteiger partial charge in [0.1, 0.15) is 5.78 Å². The maximum absolute atomic E-state index is 12.5. The molecule has 0 aromatic rings. The number of aliphatic carboxylic acids is 1. The molecule has 0 radical (unpaired) electrons. The first kappa shape index (κ1) is 24.8. The van der Waals surface area contributed by atoms with Crippen molar-refractivity contribution in [2.24, 2.45) is 23.2 Å². The number of carboxylic acid groups (broad SMARTS) is 1. The fourth-order valence-corrected chi connectivity index (χ4v) is 5.21. The predicted octanol–water partition coefficient (Wildman–Crippen LogP) is 4.93. The molecular formula is C25H40O5. The number of unbranched alkanes of at least 4 members (excludes halogenated alkanes) is 1. The number of hydrogen-bond donors (Lipinski definition) is 2. The van der Waals surface area contributed by atoms with Gasteiger partial charge in [-0.1, -0.05) is 44.6 Å². The molecule has 4 atom stereocenters. The van der Waals surface area contributed by atoms with Gasteiger partial charge in [0.25, 0.3) is 0 Å². The lowest BCUT2D eigenvalue weighted by molar-refractivity contribution is -0.137. The van der Waals surface area contributed by atoms with Crippen molar-refractivity contribution in [3.63, 3.8) is 0 Å². The van der Waals surface area contributed by atoms with E-state index in [-0.39, 0.29) is 41.7 Å². The molecule has 0 heterocycles. The molecule has 170 valence electrons. The molecule has 5 heteroatoms. The Balaban J connectivity index is 1.92. The second kappa shape index (κ2) is 11.8. The summed E-state index contributed by atoms with van der Waals surface area (Å²) in [7, 11) is 1.66. The minimum atomic E-state index is -0.776. The van der Waals surface area contributed by atoms with Crippen molar-refractivity contribution in [2.45, 2.75) is 90.3 Å². The van der Waals surface area contributed by atoms with Crippen molar-refractivity contribution in [2.75, 3.05) is 7.11 Å². The van der Waals surface area contributed by atoms with Crippen LogP contribution in [0, 0.1) is 23.2 Å². The van der Waals surface area contributed by atoms with Gasteiger partial charge in [0, 0.05) is 31.8 Å². The highest BCUT2D eigenvalue weighted by Gasteiger charge is 2.43. The van der Waals surface area contributed by atoms with E-state index in [1.165, 1.54) is 6.42 Å². The van der Waals surface area contributed by atoms with E-state index in [4.69, 9.17) is 9.84 Å². The molecule has 30 heavy (non-hydrogen) atoms. The van der Waals surface area contributed by atoms with E-state index in [0.717, 1.165) is 19.3 Å². The maximum atomic E-state index is 12.5. The third-order valence-corrected chi connectivity index (χ3v) is 6.92. The first-order valence-electron chi connectivity index (χ1n) is 11.6. The molecule has 2 N–H and O–H groups in total. The van der Waals surface area contributed by atoms with E-state index in [1.54, 1.807) is 7.11 Å². The summed E-state index contributed by atoms with van der Waals surface area (Å²) in [5.41, 5.74) is 0.0722. The number of carboxylic acids is 1. The van der Waals surface area contributed by atoms with E-state index in [9.17, 15) is 14.7 Å². The molecule has 5 nitrogen and oxygen atoms in total. The number of carbonyl (C=O) groups is 2. The molecule has 1 unspecified atom stereocenters. The highest BCUT2D eigenvalue weighted by Crippen LogP contribution is 2.49. The second-order valence-electron chi connectivity index (χ2n) is 9.62. The summed E-state index contributed by atoms with van der Waals surface area (Å²) in [6.07, 6.45) is 15.4. The summed E-state index contributed by atoms with van der Waals surface area (Å²) in [4.78, 5) is 23.1. The van der Waals surface area contributed by atoms with Crippen molar-refractivity contribution in [1.82, 2.24) is 0 Å². The second-order valence-corrected chi connectivity index (χ2v) is 9.62. The first-order valence-corrected chi connectivity index (χ1v) is 11.6. The average Bonchev–Trinajstić information content (AvgIpc) is 2.95. The summed E-state index contributed by atoms with van der Waals surface area (Å²) in [6, 6.07) is 0. The van der Waals surface area contributed by atoms with Crippen molar-refractivity contribution < 1.29 is 24.5 Å². The number of ether oxygens (including phenoxy) is 1. The molecule has 0 aromatic heterocycles. The van der Waals surface area contributed by atoms with Gasteiger partial charge >= 0.3 is 5.97 Å². The summed E-state index contributed by atoms with van der Waals surface area (Å²) in [5.74, 6) is -0.0431. The van der Waals surface area contributed by atoms with E-state index in [0.29, 0.717) is 38.0 Å². The fourth-order valence-electron chi connectivity index (χ4n) is 5.21. The number of methoxy groups -OCH3 is 1. The number of aliphatic hydroxyl groups excluding tert-OH is 1. The number of Topliss-reactive ketones (excluding diaryl/α,β-unsaturated/α-hetero) is 1. The van der Waals surface area contributed by atoms with Gasteiger partial charge < -0.3 is 14.9 Å². The highest BCUT2D eigenvalue weighted by molar-refractivity contribution is 5.84. The van der Waals surface area contributed by atoms with Gasteiger partial charge in [-0.05, 0) is 56.3 Å². The zero-order chi connectivity index (χ0) is 22.1. The Morgan fingerprint density at radius 1 is 1.27 bits per heavy atom. The van der Waals surface area contributed by atoms with Gasteiger partial charge in [-0.3, -0.25) is 9.59 Å². The van der Waals surface area contributed by atoms with Crippen LogP contribution in [-0.4, -0.2) is 41.3 Å². The van der Waals surface area contributed by atoms with Crippen LogP contribution in [0.25, 0.3) is 0 Å². The zero-order valence-electron chi connectivity index (χ0n) is 18.9. The molecule has 0 aromatic carbocycles. The topological polar surface area (TPSA) is 83.8 Å². The van der Waals surface area contributed by atoms with E-state index in [2.05, 4.69) is 26.0 Å². The molecule has 0 saturated heterocycles. The number of aliphatic hydroxyl groups is 1. The summed E-state index contributed by atoms with van der Waals surface area (Å²) < 4.78 is 5.58. The van der Waals surface area contributed by atoms with Gasteiger partial charge in [0.15, 0.2) is 0 Å². The van der Waals surface area contributed by atoms with Gasteiger partial charge in [-0.2, -0.15) is 0 Å². The van der Waals surface area contributed by atoms with Gasteiger partial charge in [0.05, 0.1) is 12.2 Å². The normalized spacial score (nSPS) is 27.2. The lowest BCUT2D eigenvalue weighted by atomic mass is 9.60. The molecule has 2 saturated carbocycles. The first-order chi connectivity index (χ1) is 14.3. The Hall–Kier alpha value is -1.46. The molecule has 2 rings (SSSR count). The lowest BCUT2D eigenvalue weighted by Gasteiger charge is -2.46. The van der Waals surface area contributed by atoms with E-state index in [1.807, 2.05) is 12.2 Å². The third-order valence-electron chi connectivity index (χ3n) is 6.92. The van der Waals surface area contributed by atoms with Crippen LogP contribution < -0.4 is 0 Å². The Labute approximate surface area is 181 Å². The minimum absolute atomic E-state index is 0.0285. The quantitative estimate of drug-likeness (QED) is 0.326. The SMILES string of the molecule is CO[C@@H]1CC(=O)[C@H](C/C=C\CCCC(=O)O)[C@H]1/C=C/CC(O)C1(CC(C)C)CCC1. The minimum Gasteiger partial charge on any atom is -0.481 e. The molecule has 0 spiro atoms. The van der Waals surface area contributed by atoms with E-state index >= 15 is 0 Å². The molecule has 2 aliphatic rings. The summed E-state index contributed by atoms with van der Waals surface area (Å²) in [6.45, 7) is 4.44. The van der Waals surface area contributed by atoms with Gasteiger partial charge in [-0.15, -0.1) is 0 Å². The van der Waals surface area contributed by atoms with Crippen LogP contribution in [0.3, 0.4) is 0 Å². The average molecular weight is 421 g/mol. The van der Waals surface area contributed by atoms with Crippen molar-refractivity contribution >= 4 is 11.8 Å². The Bertz CT molecular complexity index is 617. The zero-order valence-corrected chi connectivity index (χ0v) is 18.9.